The Morgan fingerprint density at radius 3 is 2.60 bits per heavy atom. The number of hydrogen-bond donors (Lipinski definition) is 2. The van der Waals surface area contributed by atoms with E-state index >= 15 is 0 Å². The van der Waals surface area contributed by atoms with E-state index in [1.807, 2.05) is 6.07 Å². The summed E-state index contributed by atoms with van der Waals surface area (Å²) in [5.74, 6) is -0.911. The predicted molar refractivity (Wildman–Crippen MR) is 95.6 cm³/mol. The van der Waals surface area contributed by atoms with Gasteiger partial charge in [-0.05, 0) is 45.1 Å². The first-order valence-corrected chi connectivity index (χ1v) is 8.15. The van der Waals surface area contributed by atoms with Crippen molar-refractivity contribution in [3.05, 3.63) is 41.6 Å². The second-order valence-electron chi connectivity index (χ2n) is 6.17. The molecule has 2 rings (SSSR count). The van der Waals surface area contributed by atoms with E-state index in [1.54, 1.807) is 36.2 Å². The third-order valence-electron chi connectivity index (χ3n) is 4.47. The SMILES string of the molecule is CN1CCC(N(C)C(=O)/C(C#N)=C\Nc2ccccc2C(N)=O)CC1. The maximum absolute atomic E-state index is 12.6. The quantitative estimate of drug-likeness (QED) is 0.618. The summed E-state index contributed by atoms with van der Waals surface area (Å²) in [7, 11) is 3.78. The Morgan fingerprint density at radius 2 is 2.00 bits per heavy atom. The van der Waals surface area contributed by atoms with Gasteiger partial charge >= 0.3 is 0 Å². The highest BCUT2D eigenvalue weighted by atomic mass is 16.2. The molecule has 1 saturated heterocycles. The number of hydrogen-bond acceptors (Lipinski definition) is 5. The molecule has 0 aromatic heterocycles. The van der Waals surface area contributed by atoms with Crippen LogP contribution >= 0.6 is 0 Å². The Balaban J connectivity index is 2.11. The Morgan fingerprint density at radius 1 is 1.36 bits per heavy atom. The van der Waals surface area contributed by atoms with Crippen LogP contribution in [0.4, 0.5) is 5.69 Å². The molecular formula is C18H23N5O2. The van der Waals surface area contributed by atoms with Gasteiger partial charge < -0.3 is 20.9 Å². The summed E-state index contributed by atoms with van der Waals surface area (Å²) in [6.45, 7) is 1.86. The van der Waals surface area contributed by atoms with E-state index in [9.17, 15) is 14.9 Å². The maximum atomic E-state index is 12.6. The minimum Gasteiger partial charge on any atom is -0.366 e. The van der Waals surface area contributed by atoms with Crippen molar-refractivity contribution >= 4 is 17.5 Å². The van der Waals surface area contributed by atoms with E-state index in [4.69, 9.17) is 5.73 Å². The van der Waals surface area contributed by atoms with Gasteiger partial charge in [0.15, 0.2) is 0 Å². The van der Waals surface area contributed by atoms with Crippen molar-refractivity contribution < 1.29 is 9.59 Å². The summed E-state index contributed by atoms with van der Waals surface area (Å²) >= 11 is 0. The van der Waals surface area contributed by atoms with E-state index in [0.29, 0.717) is 11.3 Å². The van der Waals surface area contributed by atoms with Gasteiger partial charge in [-0.25, -0.2) is 0 Å². The molecule has 1 heterocycles. The molecule has 132 valence electrons. The van der Waals surface area contributed by atoms with Gasteiger partial charge in [0.05, 0.1) is 11.3 Å². The number of para-hydroxylation sites is 1. The third kappa shape index (κ3) is 4.58. The molecule has 2 amide bonds. The Labute approximate surface area is 147 Å². The number of carbonyl (C=O) groups is 2. The van der Waals surface area contributed by atoms with E-state index in [0.717, 1.165) is 25.9 Å². The fourth-order valence-corrected chi connectivity index (χ4v) is 2.85. The van der Waals surface area contributed by atoms with Crippen LogP contribution in [0.2, 0.25) is 0 Å². The molecule has 7 nitrogen and oxygen atoms in total. The second-order valence-corrected chi connectivity index (χ2v) is 6.17. The first kappa shape index (κ1) is 18.5. The maximum Gasteiger partial charge on any atom is 0.266 e. The summed E-state index contributed by atoms with van der Waals surface area (Å²) in [5, 5.41) is 12.2. The van der Waals surface area contributed by atoms with Gasteiger partial charge in [-0.1, -0.05) is 12.1 Å². The molecule has 1 aromatic carbocycles. The Bertz CT molecular complexity index is 714. The zero-order valence-electron chi connectivity index (χ0n) is 14.5. The number of piperidine rings is 1. The normalized spacial score (nSPS) is 16.1. The number of nitriles is 1. The van der Waals surface area contributed by atoms with Gasteiger partial charge in [0, 0.05) is 19.3 Å². The minimum absolute atomic E-state index is 0.0132. The largest absolute Gasteiger partial charge is 0.366 e. The van der Waals surface area contributed by atoms with Gasteiger partial charge in [0.25, 0.3) is 11.8 Å². The van der Waals surface area contributed by atoms with Gasteiger partial charge in [-0.15, -0.1) is 0 Å². The summed E-state index contributed by atoms with van der Waals surface area (Å²) in [6.07, 6.45) is 3.10. The highest BCUT2D eigenvalue weighted by Crippen LogP contribution is 2.18. The molecular weight excluding hydrogens is 318 g/mol. The third-order valence-corrected chi connectivity index (χ3v) is 4.47. The van der Waals surface area contributed by atoms with Gasteiger partial charge in [0.2, 0.25) is 0 Å². The average molecular weight is 341 g/mol. The monoisotopic (exact) mass is 341 g/mol. The zero-order chi connectivity index (χ0) is 18.4. The van der Waals surface area contributed by atoms with Crippen LogP contribution in [-0.2, 0) is 4.79 Å². The van der Waals surface area contributed by atoms with Crippen molar-refractivity contribution in [2.45, 2.75) is 18.9 Å². The topological polar surface area (TPSA) is 102 Å². The number of carbonyl (C=O) groups excluding carboxylic acids is 2. The standard InChI is InChI=1S/C18H23N5O2/c1-22-9-7-14(8-10-22)23(2)18(25)13(11-19)12-21-16-6-4-3-5-15(16)17(20)24/h3-6,12,14,21H,7-10H2,1-2H3,(H2,20,24)/b13-12-. The molecule has 0 radical (unpaired) electrons. The number of amides is 2. The van der Waals surface area contributed by atoms with Crippen molar-refractivity contribution in [1.82, 2.24) is 9.80 Å². The van der Waals surface area contributed by atoms with E-state index in [1.165, 1.54) is 6.20 Å². The summed E-state index contributed by atoms with van der Waals surface area (Å²) in [4.78, 5) is 27.9. The van der Waals surface area contributed by atoms with E-state index < -0.39 is 5.91 Å². The minimum atomic E-state index is -0.579. The fourth-order valence-electron chi connectivity index (χ4n) is 2.85. The molecule has 3 N–H and O–H groups in total. The molecule has 0 spiro atoms. The van der Waals surface area contributed by atoms with Crippen LogP contribution < -0.4 is 11.1 Å². The predicted octanol–water partition coefficient (Wildman–Crippen LogP) is 1.16. The molecule has 0 saturated carbocycles. The number of primary amides is 1. The number of anilines is 1. The lowest BCUT2D eigenvalue weighted by Gasteiger charge is -2.35. The van der Waals surface area contributed by atoms with Crippen LogP contribution in [0.3, 0.4) is 0 Å². The Hall–Kier alpha value is -2.85. The average Bonchev–Trinajstić information content (AvgIpc) is 2.62. The lowest BCUT2D eigenvalue weighted by atomic mass is 10.0. The molecule has 0 unspecified atom stereocenters. The number of benzene rings is 1. The summed E-state index contributed by atoms with van der Waals surface area (Å²) in [5.41, 5.74) is 6.07. The van der Waals surface area contributed by atoms with Crippen molar-refractivity contribution in [2.75, 3.05) is 32.5 Å². The van der Waals surface area contributed by atoms with Crippen LogP contribution in [-0.4, -0.2) is 54.8 Å². The molecule has 7 heteroatoms. The zero-order valence-corrected chi connectivity index (χ0v) is 14.5. The lowest BCUT2D eigenvalue weighted by molar-refractivity contribution is -0.128. The first-order valence-electron chi connectivity index (χ1n) is 8.15. The van der Waals surface area contributed by atoms with E-state index in [-0.39, 0.29) is 17.5 Å². The highest BCUT2D eigenvalue weighted by Gasteiger charge is 2.26. The number of nitrogens with one attached hydrogen (secondary N) is 1. The second kappa shape index (κ2) is 8.31. The van der Waals surface area contributed by atoms with Gasteiger partial charge in [-0.3, -0.25) is 9.59 Å². The number of likely N-dealkylation sites (N-methyl/N-ethyl adjacent to an activating group) is 1. The molecule has 25 heavy (non-hydrogen) atoms. The molecule has 1 aliphatic rings. The van der Waals surface area contributed by atoms with Crippen molar-refractivity contribution in [3.63, 3.8) is 0 Å². The van der Waals surface area contributed by atoms with Crippen LogP contribution in [0.15, 0.2) is 36.0 Å². The van der Waals surface area contributed by atoms with Crippen LogP contribution in [0.25, 0.3) is 0 Å². The van der Waals surface area contributed by atoms with Crippen LogP contribution in [0.1, 0.15) is 23.2 Å². The van der Waals surface area contributed by atoms with E-state index in [2.05, 4.69) is 17.3 Å². The van der Waals surface area contributed by atoms with Gasteiger partial charge in [0.1, 0.15) is 11.6 Å². The van der Waals surface area contributed by atoms with Gasteiger partial charge in [-0.2, -0.15) is 5.26 Å². The summed E-state index contributed by atoms with van der Waals surface area (Å²) < 4.78 is 0. The summed E-state index contributed by atoms with van der Waals surface area (Å²) in [6, 6.07) is 8.73. The van der Waals surface area contributed by atoms with Crippen molar-refractivity contribution in [3.8, 4) is 6.07 Å². The molecule has 1 fully saturated rings. The molecule has 0 aliphatic carbocycles. The molecule has 0 bridgehead atoms. The molecule has 1 aromatic rings. The fraction of sp³-hybridized carbons (Fsp3) is 0.389. The Kier molecular flexibility index (Phi) is 6.14. The highest BCUT2D eigenvalue weighted by molar-refractivity contribution is 6.00. The van der Waals surface area contributed by atoms with Crippen LogP contribution in [0, 0.1) is 11.3 Å². The molecule has 0 atom stereocenters. The number of rotatable bonds is 5. The van der Waals surface area contributed by atoms with Crippen molar-refractivity contribution in [1.29, 1.82) is 5.26 Å². The number of likely N-dealkylation sites (tertiary alicyclic amines) is 1. The molecule has 1 aliphatic heterocycles. The lowest BCUT2D eigenvalue weighted by Crippen LogP contribution is -2.44. The van der Waals surface area contributed by atoms with Crippen LogP contribution in [0.5, 0.6) is 0 Å². The first-order chi connectivity index (χ1) is 11.9. The van der Waals surface area contributed by atoms with Crippen molar-refractivity contribution in [2.24, 2.45) is 5.73 Å². The number of nitrogens with two attached hydrogens (primary N) is 1. The number of nitrogens with zero attached hydrogens (tertiary/aromatic N) is 3. The smallest absolute Gasteiger partial charge is 0.266 e.